The molecule has 3 rings (SSSR count). The zero-order chi connectivity index (χ0) is 20.4. The zero-order valence-corrected chi connectivity index (χ0v) is 17.7. The first-order valence-electron chi connectivity index (χ1n) is 9.68. The fraction of sp³-hybridized carbons (Fsp3) is 0.409. The molecule has 0 unspecified atom stereocenters. The van der Waals surface area contributed by atoms with E-state index in [9.17, 15) is 4.79 Å². The highest BCUT2D eigenvalue weighted by atomic mass is 16.2. The summed E-state index contributed by atoms with van der Waals surface area (Å²) in [6.07, 6.45) is 0. The molecule has 0 saturated carbocycles. The summed E-state index contributed by atoms with van der Waals surface area (Å²) in [5.41, 5.74) is 7.20. The zero-order valence-electron chi connectivity index (χ0n) is 17.7. The van der Waals surface area contributed by atoms with Gasteiger partial charge < -0.3 is 4.90 Å². The first kappa shape index (κ1) is 19.9. The van der Waals surface area contributed by atoms with Crippen molar-refractivity contribution in [2.75, 3.05) is 7.05 Å². The van der Waals surface area contributed by atoms with Crippen LogP contribution in [0.3, 0.4) is 0 Å². The maximum absolute atomic E-state index is 12.9. The number of hydrogen-bond donors (Lipinski definition) is 0. The van der Waals surface area contributed by atoms with E-state index in [0.717, 1.165) is 40.4 Å². The molecule has 0 aliphatic carbocycles. The molecule has 2 heterocycles. The molecule has 0 saturated heterocycles. The fourth-order valence-corrected chi connectivity index (χ4v) is 3.56. The number of aromatic nitrogens is 4. The van der Waals surface area contributed by atoms with Gasteiger partial charge in [0, 0.05) is 42.7 Å². The van der Waals surface area contributed by atoms with Crippen LogP contribution in [-0.2, 0) is 19.6 Å². The van der Waals surface area contributed by atoms with Crippen molar-refractivity contribution >= 4 is 5.91 Å². The van der Waals surface area contributed by atoms with E-state index in [1.54, 1.807) is 4.90 Å². The molecular formula is C22H29N5O. The monoisotopic (exact) mass is 379 g/mol. The summed E-state index contributed by atoms with van der Waals surface area (Å²) in [6, 6.07) is 9.87. The Labute approximate surface area is 166 Å². The van der Waals surface area contributed by atoms with Gasteiger partial charge in [-0.25, -0.2) is 0 Å². The van der Waals surface area contributed by atoms with Crippen molar-refractivity contribution < 1.29 is 4.79 Å². The van der Waals surface area contributed by atoms with Gasteiger partial charge in [0.05, 0.1) is 17.9 Å². The minimum atomic E-state index is 0.0145. The molecule has 2 aromatic heterocycles. The smallest absolute Gasteiger partial charge is 0.253 e. The number of nitrogens with zero attached hydrogens (tertiary/aromatic N) is 5. The molecule has 6 heteroatoms. The van der Waals surface area contributed by atoms with Gasteiger partial charge in [0.1, 0.15) is 0 Å². The maximum atomic E-state index is 12.9. The molecule has 0 bridgehead atoms. The first-order chi connectivity index (χ1) is 13.3. The topological polar surface area (TPSA) is 56.0 Å². The molecular weight excluding hydrogens is 350 g/mol. The Morgan fingerprint density at radius 3 is 2.25 bits per heavy atom. The number of benzene rings is 1. The van der Waals surface area contributed by atoms with Crippen LogP contribution in [0.5, 0.6) is 0 Å². The van der Waals surface area contributed by atoms with Gasteiger partial charge in [-0.05, 0) is 58.4 Å². The molecule has 0 N–H and O–H groups in total. The molecule has 0 aliphatic heterocycles. The van der Waals surface area contributed by atoms with Gasteiger partial charge in [-0.15, -0.1) is 0 Å². The van der Waals surface area contributed by atoms with E-state index in [-0.39, 0.29) is 5.91 Å². The number of rotatable bonds is 6. The highest BCUT2D eigenvalue weighted by Crippen LogP contribution is 2.17. The van der Waals surface area contributed by atoms with Crippen LogP contribution in [0.1, 0.15) is 51.2 Å². The molecule has 1 aromatic carbocycles. The largest absolute Gasteiger partial charge is 0.337 e. The average molecular weight is 380 g/mol. The fourth-order valence-electron chi connectivity index (χ4n) is 3.56. The van der Waals surface area contributed by atoms with E-state index in [1.165, 1.54) is 0 Å². The number of aryl methyl sites for hydroxylation is 4. The molecule has 0 atom stereocenters. The van der Waals surface area contributed by atoms with Gasteiger partial charge in [0.15, 0.2) is 0 Å². The summed E-state index contributed by atoms with van der Waals surface area (Å²) in [4.78, 5) is 14.6. The average Bonchev–Trinajstić information content (AvgIpc) is 3.13. The number of carbonyl (C=O) groups is 1. The molecule has 0 fully saturated rings. The van der Waals surface area contributed by atoms with E-state index in [0.29, 0.717) is 18.7 Å². The number of carbonyl (C=O) groups excluding carboxylic acids is 1. The van der Waals surface area contributed by atoms with Crippen LogP contribution in [0.15, 0.2) is 30.3 Å². The van der Waals surface area contributed by atoms with Crippen LogP contribution in [0.4, 0.5) is 0 Å². The number of hydrogen-bond acceptors (Lipinski definition) is 3. The van der Waals surface area contributed by atoms with Crippen molar-refractivity contribution in [3.8, 4) is 0 Å². The van der Waals surface area contributed by atoms with Crippen molar-refractivity contribution in [2.45, 2.75) is 54.3 Å². The van der Waals surface area contributed by atoms with Crippen LogP contribution in [0.2, 0.25) is 0 Å². The normalized spacial score (nSPS) is 11.1. The van der Waals surface area contributed by atoms with Crippen LogP contribution in [0, 0.1) is 27.7 Å². The second-order valence-electron chi connectivity index (χ2n) is 7.41. The van der Waals surface area contributed by atoms with Gasteiger partial charge in [-0.2, -0.15) is 10.2 Å². The van der Waals surface area contributed by atoms with Gasteiger partial charge >= 0.3 is 0 Å². The highest BCUT2D eigenvalue weighted by Gasteiger charge is 2.17. The summed E-state index contributed by atoms with van der Waals surface area (Å²) < 4.78 is 3.96. The summed E-state index contributed by atoms with van der Waals surface area (Å²) in [7, 11) is 1.84. The third-order valence-corrected chi connectivity index (χ3v) is 5.21. The lowest BCUT2D eigenvalue weighted by atomic mass is 10.1. The maximum Gasteiger partial charge on any atom is 0.253 e. The van der Waals surface area contributed by atoms with E-state index in [4.69, 9.17) is 0 Å². The van der Waals surface area contributed by atoms with Gasteiger partial charge in [-0.3, -0.25) is 14.2 Å². The lowest BCUT2D eigenvalue weighted by molar-refractivity contribution is 0.0784. The SMILES string of the molecule is CCn1nc(C)c(CN(C)C(=O)c2ccc(Cn3nc(C)cc3C)cc2)c1C. The Morgan fingerprint density at radius 1 is 1.04 bits per heavy atom. The van der Waals surface area contributed by atoms with Crippen molar-refractivity contribution in [1.29, 1.82) is 0 Å². The van der Waals surface area contributed by atoms with Gasteiger partial charge in [0.25, 0.3) is 5.91 Å². The van der Waals surface area contributed by atoms with E-state index in [2.05, 4.69) is 37.0 Å². The molecule has 28 heavy (non-hydrogen) atoms. The molecule has 148 valence electrons. The lowest BCUT2D eigenvalue weighted by Crippen LogP contribution is -2.26. The Kier molecular flexibility index (Phi) is 5.68. The third-order valence-electron chi connectivity index (χ3n) is 5.21. The summed E-state index contributed by atoms with van der Waals surface area (Å²) in [5.74, 6) is 0.0145. The Balaban J connectivity index is 1.70. The Morgan fingerprint density at radius 2 is 1.71 bits per heavy atom. The lowest BCUT2D eigenvalue weighted by Gasteiger charge is -2.18. The Bertz CT molecular complexity index is 981. The summed E-state index contributed by atoms with van der Waals surface area (Å²) >= 11 is 0. The molecule has 0 spiro atoms. The minimum Gasteiger partial charge on any atom is -0.337 e. The van der Waals surface area contributed by atoms with Crippen LogP contribution >= 0.6 is 0 Å². The quantitative estimate of drug-likeness (QED) is 0.657. The van der Waals surface area contributed by atoms with Crippen molar-refractivity contribution in [2.24, 2.45) is 0 Å². The second kappa shape index (κ2) is 8.00. The van der Waals surface area contributed by atoms with E-state index < -0.39 is 0 Å². The van der Waals surface area contributed by atoms with Gasteiger partial charge in [0.2, 0.25) is 0 Å². The van der Waals surface area contributed by atoms with E-state index in [1.807, 2.05) is 54.5 Å². The van der Waals surface area contributed by atoms with Crippen molar-refractivity contribution in [1.82, 2.24) is 24.5 Å². The van der Waals surface area contributed by atoms with E-state index >= 15 is 0 Å². The molecule has 3 aromatic rings. The molecule has 0 radical (unpaired) electrons. The van der Waals surface area contributed by atoms with Crippen molar-refractivity contribution in [3.05, 3.63) is 69.8 Å². The minimum absolute atomic E-state index is 0.0145. The first-order valence-corrected chi connectivity index (χ1v) is 9.68. The molecule has 0 aliphatic rings. The Hall–Kier alpha value is -2.89. The second-order valence-corrected chi connectivity index (χ2v) is 7.41. The van der Waals surface area contributed by atoms with Crippen LogP contribution < -0.4 is 0 Å². The summed E-state index contributed by atoms with van der Waals surface area (Å²) in [6.45, 7) is 12.3. The highest BCUT2D eigenvalue weighted by molar-refractivity contribution is 5.94. The number of amides is 1. The predicted octanol–water partition coefficient (Wildman–Crippen LogP) is 3.65. The van der Waals surface area contributed by atoms with Crippen LogP contribution in [0.25, 0.3) is 0 Å². The third kappa shape index (κ3) is 4.01. The van der Waals surface area contributed by atoms with Crippen molar-refractivity contribution in [3.63, 3.8) is 0 Å². The molecule has 6 nitrogen and oxygen atoms in total. The molecule has 1 amide bonds. The standard InChI is InChI=1S/C22H29N5O/c1-7-26-18(5)21(17(4)24-26)14-25(6)22(28)20-10-8-19(9-11-20)13-27-16(3)12-15(2)23-27/h8-12H,7,13-14H2,1-6H3. The predicted molar refractivity (Wildman–Crippen MR) is 110 cm³/mol. The van der Waals surface area contributed by atoms with Crippen LogP contribution in [-0.4, -0.2) is 37.4 Å². The summed E-state index contributed by atoms with van der Waals surface area (Å²) in [5, 5.41) is 9.04. The van der Waals surface area contributed by atoms with Gasteiger partial charge in [-0.1, -0.05) is 12.1 Å².